The van der Waals surface area contributed by atoms with Crippen LogP contribution in [0.2, 0.25) is 0 Å². The minimum absolute atomic E-state index is 0.371. The van der Waals surface area contributed by atoms with Crippen LogP contribution in [0.15, 0.2) is 25.0 Å². The number of rotatable bonds is 7. The highest BCUT2D eigenvalue weighted by Gasteiger charge is 2.40. The fourth-order valence-corrected chi connectivity index (χ4v) is 2.79. The van der Waals surface area contributed by atoms with Crippen molar-refractivity contribution in [3.63, 3.8) is 0 Å². The van der Waals surface area contributed by atoms with E-state index in [-0.39, 0.29) is 5.60 Å². The zero-order valence-corrected chi connectivity index (χ0v) is 12.2. The molecule has 1 aliphatic carbocycles. The molecule has 1 rings (SSSR count). The van der Waals surface area contributed by atoms with E-state index in [2.05, 4.69) is 27.0 Å². The summed E-state index contributed by atoms with van der Waals surface area (Å²) in [5.41, 5.74) is -0.371. The van der Waals surface area contributed by atoms with E-state index in [1.165, 1.54) is 25.7 Å². The van der Waals surface area contributed by atoms with E-state index >= 15 is 0 Å². The van der Waals surface area contributed by atoms with E-state index in [9.17, 15) is 0 Å². The zero-order valence-electron chi connectivity index (χ0n) is 12.2. The molecule has 0 heterocycles. The van der Waals surface area contributed by atoms with Crippen LogP contribution in [0.3, 0.4) is 0 Å². The van der Waals surface area contributed by atoms with Crippen molar-refractivity contribution in [1.29, 1.82) is 0 Å². The average molecular weight is 252 g/mol. The van der Waals surface area contributed by atoms with Crippen LogP contribution in [0.4, 0.5) is 0 Å². The first-order valence-electron chi connectivity index (χ1n) is 7.11. The summed E-state index contributed by atoms with van der Waals surface area (Å²) in [7, 11) is 0. The van der Waals surface area contributed by atoms with Crippen molar-refractivity contribution in [2.24, 2.45) is 11.8 Å². The molecule has 0 radical (unpaired) electrons. The molecule has 0 aromatic carbocycles. The number of ether oxygens (including phenoxy) is 2. The Morgan fingerprint density at radius 3 is 2.44 bits per heavy atom. The fraction of sp³-hybridized carbons (Fsp3) is 0.750. The van der Waals surface area contributed by atoms with Crippen LogP contribution in [0.5, 0.6) is 0 Å². The van der Waals surface area contributed by atoms with Crippen LogP contribution < -0.4 is 0 Å². The van der Waals surface area contributed by atoms with Crippen LogP contribution in [-0.2, 0) is 9.47 Å². The van der Waals surface area contributed by atoms with Gasteiger partial charge in [0.05, 0.1) is 13.2 Å². The summed E-state index contributed by atoms with van der Waals surface area (Å²) in [6.45, 7) is 15.4. The van der Waals surface area contributed by atoms with Gasteiger partial charge in [-0.3, -0.25) is 0 Å². The van der Waals surface area contributed by atoms with Gasteiger partial charge >= 0.3 is 0 Å². The highest BCUT2D eigenvalue weighted by atomic mass is 16.5. The molecule has 1 unspecified atom stereocenters. The second kappa shape index (κ2) is 6.98. The van der Waals surface area contributed by atoms with Gasteiger partial charge in [-0.25, -0.2) is 0 Å². The van der Waals surface area contributed by atoms with Crippen molar-refractivity contribution in [3.05, 3.63) is 25.0 Å². The molecule has 0 spiro atoms. The van der Waals surface area contributed by atoms with Crippen molar-refractivity contribution >= 4 is 0 Å². The van der Waals surface area contributed by atoms with Crippen LogP contribution in [0.25, 0.3) is 0 Å². The van der Waals surface area contributed by atoms with Crippen molar-refractivity contribution in [3.8, 4) is 0 Å². The number of hydrogen-bond acceptors (Lipinski definition) is 2. The Balaban J connectivity index is 2.75. The third-order valence-corrected chi connectivity index (χ3v) is 4.17. The highest BCUT2D eigenvalue weighted by Crippen LogP contribution is 2.41. The molecular weight excluding hydrogens is 224 g/mol. The van der Waals surface area contributed by atoms with Gasteiger partial charge in [0.25, 0.3) is 0 Å². The molecule has 1 aliphatic rings. The Morgan fingerprint density at radius 2 is 1.94 bits per heavy atom. The molecule has 0 aromatic heterocycles. The summed E-state index contributed by atoms with van der Waals surface area (Å²) in [5, 5.41) is 0. The molecule has 0 aliphatic heterocycles. The minimum Gasteiger partial charge on any atom is -0.496 e. The third-order valence-electron chi connectivity index (χ3n) is 4.17. The molecule has 1 fully saturated rings. The van der Waals surface area contributed by atoms with E-state index < -0.39 is 0 Å². The maximum atomic E-state index is 6.03. The third kappa shape index (κ3) is 3.61. The van der Waals surface area contributed by atoms with Gasteiger partial charge in [-0.1, -0.05) is 32.4 Å². The molecule has 0 amide bonds. The maximum Gasteiger partial charge on any atom is 0.125 e. The molecule has 2 nitrogen and oxygen atoms in total. The van der Waals surface area contributed by atoms with E-state index in [1.807, 2.05) is 6.92 Å². The second-order valence-electron chi connectivity index (χ2n) is 5.52. The van der Waals surface area contributed by atoms with Gasteiger partial charge in [-0.15, -0.1) is 6.58 Å². The largest absolute Gasteiger partial charge is 0.496 e. The Bertz CT molecular complexity index is 277. The summed E-state index contributed by atoms with van der Waals surface area (Å²) < 4.78 is 11.7. The van der Waals surface area contributed by atoms with E-state index in [1.54, 1.807) is 6.08 Å². The van der Waals surface area contributed by atoms with Gasteiger partial charge < -0.3 is 9.47 Å². The van der Waals surface area contributed by atoms with Crippen molar-refractivity contribution in [1.82, 2.24) is 0 Å². The molecule has 0 N–H and O–H groups in total. The Kier molecular flexibility index (Phi) is 5.94. The Hall–Kier alpha value is -0.760. The molecule has 1 atom stereocenters. The molecule has 1 saturated carbocycles. The lowest BCUT2D eigenvalue weighted by molar-refractivity contribution is -0.0806. The minimum atomic E-state index is -0.371. The predicted molar refractivity (Wildman–Crippen MR) is 76.4 cm³/mol. The van der Waals surface area contributed by atoms with E-state index in [0.29, 0.717) is 19.1 Å². The average Bonchev–Trinajstić information content (AvgIpc) is 2.37. The lowest BCUT2D eigenvalue weighted by Gasteiger charge is -2.41. The highest BCUT2D eigenvalue weighted by molar-refractivity contribution is 5.08. The molecule has 0 bridgehead atoms. The van der Waals surface area contributed by atoms with Crippen LogP contribution in [-0.4, -0.2) is 18.8 Å². The van der Waals surface area contributed by atoms with Crippen LogP contribution in [0.1, 0.15) is 46.5 Å². The lowest BCUT2D eigenvalue weighted by Crippen LogP contribution is -2.42. The molecule has 104 valence electrons. The molecule has 18 heavy (non-hydrogen) atoms. The Morgan fingerprint density at radius 1 is 1.33 bits per heavy atom. The summed E-state index contributed by atoms with van der Waals surface area (Å²) in [4.78, 5) is 0. The smallest absolute Gasteiger partial charge is 0.125 e. The fourth-order valence-electron chi connectivity index (χ4n) is 2.79. The van der Waals surface area contributed by atoms with Crippen LogP contribution >= 0.6 is 0 Å². The quantitative estimate of drug-likeness (QED) is 0.496. The van der Waals surface area contributed by atoms with Gasteiger partial charge in [-0.05, 0) is 38.5 Å². The van der Waals surface area contributed by atoms with Gasteiger partial charge in [0.1, 0.15) is 11.4 Å². The SMILES string of the molecule is C=CCOC(C)(C(=C)OCC)C1CCC(C)CC1. The van der Waals surface area contributed by atoms with Gasteiger partial charge in [0.15, 0.2) is 0 Å². The molecule has 0 aromatic rings. The lowest BCUT2D eigenvalue weighted by atomic mass is 9.74. The molecule has 0 saturated heterocycles. The number of hydrogen-bond donors (Lipinski definition) is 0. The first-order valence-corrected chi connectivity index (χ1v) is 7.11. The summed E-state index contributed by atoms with van der Waals surface area (Å²) >= 11 is 0. The van der Waals surface area contributed by atoms with Crippen LogP contribution in [0, 0.1) is 11.8 Å². The van der Waals surface area contributed by atoms with Gasteiger partial charge in [0, 0.05) is 0 Å². The zero-order chi connectivity index (χ0) is 13.6. The summed E-state index contributed by atoms with van der Waals surface area (Å²) in [6, 6.07) is 0. The molecule has 2 heteroatoms. The van der Waals surface area contributed by atoms with E-state index in [0.717, 1.165) is 11.7 Å². The van der Waals surface area contributed by atoms with Gasteiger partial charge in [-0.2, -0.15) is 0 Å². The van der Waals surface area contributed by atoms with Crippen molar-refractivity contribution in [2.45, 2.75) is 52.1 Å². The first kappa shape index (κ1) is 15.3. The normalized spacial score (nSPS) is 27.3. The van der Waals surface area contributed by atoms with Crippen molar-refractivity contribution in [2.75, 3.05) is 13.2 Å². The predicted octanol–water partition coefficient (Wildman–Crippen LogP) is 4.32. The summed E-state index contributed by atoms with van der Waals surface area (Å²) in [5.74, 6) is 2.12. The summed E-state index contributed by atoms with van der Waals surface area (Å²) in [6.07, 6.45) is 6.74. The monoisotopic (exact) mass is 252 g/mol. The Labute approximate surface area is 112 Å². The maximum absolute atomic E-state index is 6.03. The topological polar surface area (TPSA) is 18.5 Å². The van der Waals surface area contributed by atoms with Crippen molar-refractivity contribution < 1.29 is 9.47 Å². The van der Waals surface area contributed by atoms with Gasteiger partial charge in [0.2, 0.25) is 0 Å². The first-order chi connectivity index (χ1) is 8.54. The van der Waals surface area contributed by atoms with E-state index in [4.69, 9.17) is 9.47 Å². The second-order valence-corrected chi connectivity index (χ2v) is 5.52. The standard InChI is InChI=1S/C16H28O2/c1-6-12-18-16(5,14(4)17-7-2)15-10-8-13(3)9-11-15/h6,13,15H,1,4,7-12H2,2-3,5H3. The molecular formula is C16H28O2.